The number of rotatable bonds is 4. The molecule has 4 aromatic heterocycles. The average Bonchev–Trinajstić information content (AvgIpc) is 3.76. The fourth-order valence-electron chi connectivity index (χ4n) is 7.17. The number of hydrogen-bond acceptors (Lipinski definition) is 6. The van der Waals surface area contributed by atoms with Crippen LogP contribution in [0.2, 0.25) is 5.15 Å². The van der Waals surface area contributed by atoms with Crippen LogP contribution in [0, 0.1) is 5.82 Å². The molecule has 49 heavy (non-hydrogen) atoms. The Balaban J connectivity index is 1.19. The lowest BCUT2D eigenvalue weighted by Crippen LogP contribution is -2.52. The van der Waals surface area contributed by atoms with Gasteiger partial charge in [0.05, 0.1) is 45.6 Å². The molecule has 1 saturated carbocycles. The Hall–Kier alpha value is -4.42. The molecule has 3 aliphatic rings. The van der Waals surface area contributed by atoms with Gasteiger partial charge in [-0.05, 0) is 87.9 Å². The third kappa shape index (κ3) is 6.05. The van der Waals surface area contributed by atoms with E-state index < -0.39 is 23.9 Å². The third-order valence-electron chi connectivity index (χ3n) is 9.96. The summed E-state index contributed by atoms with van der Waals surface area (Å²) in [7, 11) is 0. The molecule has 2 amide bonds. The van der Waals surface area contributed by atoms with Crippen molar-refractivity contribution in [2.45, 2.75) is 82.7 Å². The molecule has 0 spiro atoms. The lowest BCUT2D eigenvalue weighted by Gasteiger charge is -2.27. The summed E-state index contributed by atoms with van der Waals surface area (Å²) in [5.74, 6) is -0.854. The van der Waals surface area contributed by atoms with E-state index in [1.165, 1.54) is 12.1 Å². The smallest absolute Gasteiger partial charge is 0.254 e. The minimum absolute atomic E-state index is 0.153. The third-order valence-corrected chi connectivity index (χ3v) is 10.2. The van der Waals surface area contributed by atoms with Gasteiger partial charge in [-0.3, -0.25) is 9.59 Å². The molecule has 1 aliphatic carbocycles. The number of aromatic nitrogens is 5. The fraction of sp³-hybridized carbons (Fsp3) is 0.417. The molecule has 2 aliphatic heterocycles. The second-order valence-electron chi connectivity index (χ2n) is 13.4. The Kier molecular flexibility index (Phi) is 8.31. The van der Waals surface area contributed by atoms with Crippen molar-refractivity contribution in [3.8, 4) is 11.5 Å². The van der Waals surface area contributed by atoms with Crippen LogP contribution in [0.4, 0.5) is 8.78 Å². The maximum atomic E-state index is 15.6. The van der Waals surface area contributed by atoms with Gasteiger partial charge in [0.1, 0.15) is 22.8 Å². The standard InChI is InChI=1S/C36H37ClF2N8O2/c1-19-27-9-6-21-13-31(46(33(21)43-27)12-4-2-3-5-20-14-32(37)41-17-24(20)36(49)42-19)34-44-28-15-23(26(39)16-30(28)47(34)22-7-8-22)35(48)45-29-18-40-11-10-25(29)38/h6,9,13-17,19,22,25,29,40H,2-5,7-8,10-12,18H2,1H3,(H,42,49)(H,45,48)/t19-,25+,29+/m1/s1. The Morgan fingerprint density at radius 1 is 1.08 bits per heavy atom. The van der Waals surface area contributed by atoms with Gasteiger partial charge in [0, 0.05) is 36.8 Å². The summed E-state index contributed by atoms with van der Waals surface area (Å²) < 4.78 is 34.4. The van der Waals surface area contributed by atoms with Gasteiger partial charge in [-0.1, -0.05) is 18.0 Å². The zero-order valence-electron chi connectivity index (χ0n) is 27.1. The van der Waals surface area contributed by atoms with Crippen molar-refractivity contribution in [1.29, 1.82) is 0 Å². The largest absolute Gasteiger partial charge is 0.345 e. The highest BCUT2D eigenvalue weighted by Gasteiger charge is 2.32. The van der Waals surface area contributed by atoms with Crippen LogP contribution in [-0.2, 0) is 13.0 Å². The summed E-state index contributed by atoms with van der Waals surface area (Å²) in [6, 6.07) is 9.69. The van der Waals surface area contributed by atoms with Crippen molar-refractivity contribution >= 4 is 45.5 Å². The highest BCUT2D eigenvalue weighted by Crippen LogP contribution is 2.43. The second kappa shape index (κ2) is 12.8. The SMILES string of the molecule is C[C@H]1NC(=O)c2cnc(Cl)cc2CCCCCn2c(-c3nc4cc(C(=O)N[C@H]5CNCC[C@@H]5F)c(F)cc4n3C3CC3)cc3ccc1nc32. The van der Waals surface area contributed by atoms with Crippen LogP contribution in [0.15, 0.2) is 42.6 Å². The number of amides is 2. The van der Waals surface area contributed by atoms with Crippen LogP contribution >= 0.6 is 11.6 Å². The highest BCUT2D eigenvalue weighted by atomic mass is 35.5. The topological polar surface area (TPSA) is 119 Å². The molecule has 3 atom stereocenters. The Morgan fingerprint density at radius 3 is 2.76 bits per heavy atom. The van der Waals surface area contributed by atoms with Gasteiger partial charge < -0.3 is 25.1 Å². The fourth-order valence-corrected chi connectivity index (χ4v) is 7.35. The predicted molar refractivity (Wildman–Crippen MR) is 183 cm³/mol. The number of halogens is 3. The van der Waals surface area contributed by atoms with Gasteiger partial charge in [0.25, 0.3) is 11.8 Å². The van der Waals surface area contributed by atoms with E-state index in [2.05, 4.69) is 36.1 Å². The maximum absolute atomic E-state index is 15.6. The van der Waals surface area contributed by atoms with Crippen molar-refractivity contribution in [3.05, 3.63) is 75.9 Å². The number of nitrogens with zero attached hydrogens (tertiary/aromatic N) is 5. The zero-order valence-corrected chi connectivity index (χ0v) is 27.9. The van der Waals surface area contributed by atoms with Crippen molar-refractivity contribution < 1.29 is 18.4 Å². The lowest BCUT2D eigenvalue weighted by molar-refractivity contribution is 0.0887. The van der Waals surface area contributed by atoms with Crippen LogP contribution in [0.5, 0.6) is 0 Å². The van der Waals surface area contributed by atoms with E-state index >= 15 is 4.39 Å². The molecule has 2 bridgehead atoms. The van der Waals surface area contributed by atoms with Crippen LogP contribution in [0.25, 0.3) is 33.6 Å². The molecule has 10 nitrogen and oxygen atoms in total. The van der Waals surface area contributed by atoms with E-state index in [1.54, 1.807) is 12.3 Å². The quantitative estimate of drug-likeness (QED) is 0.193. The molecule has 5 aromatic rings. The first kappa shape index (κ1) is 31.8. The van der Waals surface area contributed by atoms with Crippen molar-refractivity contribution in [2.75, 3.05) is 13.1 Å². The van der Waals surface area contributed by atoms with Crippen molar-refractivity contribution in [3.63, 3.8) is 0 Å². The number of nitrogens with one attached hydrogen (secondary N) is 3. The summed E-state index contributed by atoms with van der Waals surface area (Å²) in [4.78, 5) is 40.8. The van der Waals surface area contributed by atoms with Gasteiger partial charge in [0.2, 0.25) is 0 Å². The second-order valence-corrected chi connectivity index (χ2v) is 13.8. The number of carbonyl (C=O) groups excluding carboxylic acids is 2. The number of aryl methyl sites for hydroxylation is 2. The minimum atomic E-state index is -1.19. The van der Waals surface area contributed by atoms with Crippen LogP contribution < -0.4 is 16.0 Å². The van der Waals surface area contributed by atoms with Crippen LogP contribution in [0.1, 0.15) is 89.5 Å². The number of hydrogen-bond donors (Lipinski definition) is 3. The average molecular weight is 687 g/mol. The van der Waals surface area contributed by atoms with E-state index in [0.717, 1.165) is 54.4 Å². The van der Waals surface area contributed by atoms with E-state index in [-0.39, 0.29) is 23.6 Å². The number of pyridine rings is 2. The molecular weight excluding hydrogens is 650 g/mol. The van der Waals surface area contributed by atoms with Gasteiger partial charge in [-0.2, -0.15) is 0 Å². The minimum Gasteiger partial charge on any atom is -0.345 e. The highest BCUT2D eigenvalue weighted by molar-refractivity contribution is 6.29. The molecule has 8 rings (SSSR count). The number of carbonyl (C=O) groups is 2. The summed E-state index contributed by atoms with van der Waals surface area (Å²) >= 11 is 6.20. The zero-order chi connectivity index (χ0) is 33.8. The summed E-state index contributed by atoms with van der Waals surface area (Å²) in [5.41, 5.74) is 4.70. The molecule has 3 N–H and O–H groups in total. The van der Waals surface area contributed by atoms with Gasteiger partial charge in [-0.25, -0.2) is 23.7 Å². The number of piperidine rings is 1. The van der Waals surface area contributed by atoms with Crippen molar-refractivity contribution in [1.82, 2.24) is 40.0 Å². The van der Waals surface area contributed by atoms with Gasteiger partial charge in [0.15, 0.2) is 5.82 Å². The molecular formula is C36H37ClF2N8O2. The normalized spacial score (nSPS) is 21.8. The molecule has 1 aromatic carbocycles. The Labute approximate surface area is 286 Å². The molecule has 254 valence electrons. The van der Waals surface area contributed by atoms with Gasteiger partial charge >= 0.3 is 0 Å². The summed E-state index contributed by atoms with van der Waals surface area (Å²) in [6.45, 7) is 3.42. The number of benzene rings is 1. The molecule has 1 saturated heterocycles. The van der Waals surface area contributed by atoms with E-state index in [9.17, 15) is 14.0 Å². The van der Waals surface area contributed by atoms with Crippen LogP contribution in [0.3, 0.4) is 0 Å². The molecule has 0 radical (unpaired) electrons. The molecule has 0 unspecified atom stereocenters. The van der Waals surface area contributed by atoms with E-state index in [0.29, 0.717) is 65.7 Å². The first-order valence-corrected chi connectivity index (χ1v) is 17.5. The predicted octanol–water partition coefficient (Wildman–Crippen LogP) is 6.22. The molecule has 2 fully saturated rings. The summed E-state index contributed by atoms with van der Waals surface area (Å²) in [5, 5.41) is 10.1. The van der Waals surface area contributed by atoms with Crippen LogP contribution in [-0.4, -0.2) is 61.2 Å². The molecule has 13 heteroatoms. The van der Waals surface area contributed by atoms with Gasteiger partial charge in [-0.15, -0.1) is 0 Å². The maximum Gasteiger partial charge on any atom is 0.254 e. The first-order valence-electron chi connectivity index (χ1n) is 17.1. The number of imidazole rings is 1. The number of alkyl halides is 1. The van der Waals surface area contributed by atoms with E-state index in [4.69, 9.17) is 21.6 Å². The summed E-state index contributed by atoms with van der Waals surface area (Å²) in [6.07, 6.45) is 5.82. The monoisotopic (exact) mass is 686 g/mol. The Bertz CT molecular complexity index is 2110. The van der Waals surface area contributed by atoms with Crippen molar-refractivity contribution in [2.24, 2.45) is 0 Å². The number of fused-ring (bicyclic) bond motifs is 3. The lowest BCUT2D eigenvalue weighted by atomic mass is 10.0. The first-order chi connectivity index (χ1) is 23.7. The molecule has 6 heterocycles. The van der Waals surface area contributed by atoms with E-state index in [1.807, 2.05) is 19.1 Å². The Morgan fingerprint density at radius 2 is 1.94 bits per heavy atom.